The van der Waals surface area contributed by atoms with Gasteiger partial charge in [-0.25, -0.2) is 14.2 Å². The third-order valence-corrected chi connectivity index (χ3v) is 3.18. The van der Waals surface area contributed by atoms with Gasteiger partial charge in [0.1, 0.15) is 11.5 Å². The Morgan fingerprint density at radius 3 is 3.00 bits per heavy atom. The zero-order chi connectivity index (χ0) is 15.0. The molecule has 2 heterocycles. The van der Waals surface area contributed by atoms with Crippen LogP contribution in [0.4, 0.5) is 4.39 Å². The molecule has 1 aliphatic rings. The summed E-state index contributed by atoms with van der Waals surface area (Å²) in [7, 11) is 0. The lowest BCUT2D eigenvalue weighted by molar-refractivity contribution is -0.144. The lowest BCUT2D eigenvalue weighted by atomic mass is 10.1. The highest BCUT2D eigenvalue weighted by atomic mass is 35.5. The quantitative estimate of drug-likeness (QED) is 0.943. The Morgan fingerprint density at radius 2 is 2.29 bits per heavy atom. The average molecular weight is 310 g/mol. The molecule has 1 aromatic heterocycles. The smallest absolute Gasteiger partial charge is 0.345 e. The van der Waals surface area contributed by atoms with Gasteiger partial charge in [0, 0.05) is 18.7 Å². The van der Waals surface area contributed by atoms with Gasteiger partial charge in [0.2, 0.25) is 0 Å². The van der Waals surface area contributed by atoms with Gasteiger partial charge >= 0.3 is 5.97 Å². The predicted octanol–water partition coefficient (Wildman–Crippen LogP) is 3.05. The van der Waals surface area contributed by atoms with Crippen LogP contribution >= 0.6 is 11.6 Å². The van der Waals surface area contributed by atoms with Crippen LogP contribution in [0.25, 0.3) is 0 Å². The molecule has 0 saturated carbocycles. The summed E-state index contributed by atoms with van der Waals surface area (Å²) in [6.07, 6.45) is 0.656. The minimum absolute atomic E-state index is 0.168. The number of carboxylic acids is 1. The van der Waals surface area contributed by atoms with E-state index in [1.165, 1.54) is 12.3 Å². The molecule has 1 unspecified atom stereocenters. The fraction of sp³-hybridized carbons (Fsp3) is 0.143. The molecule has 5 nitrogen and oxygen atoms in total. The Bertz CT molecular complexity index is 722. The number of carbonyl (C=O) groups is 1. The maximum atomic E-state index is 13.6. The first-order chi connectivity index (χ1) is 10.0. The summed E-state index contributed by atoms with van der Waals surface area (Å²) in [4.78, 5) is 14.6. The van der Waals surface area contributed by atoms with Crippen LogP contribution in [0.3, 0.4) is 0 Å². The molecule has 3 rings (SSSR count). The van der Waals surface area contributed by atoms with E-state index in [-0.39, 0.29) is 10.9 Å². The van der Waals surface area contributed by atoms with Crippen molar-refractivity contribution in [3.8, 4) is 17.4 Å². The number of hydrogen-bond donors (Lipinski definition) is 1. The second kappa shape index (κ2) is 5.21. The number of nitrogens with zero attached hydrogens (tertiary/aromatic N) is 1. The zero-order valence-electron chi connectivity index (χ0n) is 10.5. The molecule has 2 aromatic rings. The van der Waals surface area contributed by atoms with Crippen LogP contribution in [-0.4, -0.2) is 22.2 Å². The van der Waals surface area contributed by atoms with Gasteiger partial charge in [0.15, 0.2) is 11.9 Å². The van der Waals surface area contributed by atoms with Crippen molar-refractivity contribution in [1.82, 2.24) is 4.98 Å². The topological polar surface area (TPSA) is 68.7 Å². The molecule has 108 valence electrons. The summed E-state index contributed by atoms with van der Waals surface area (Å²) in [6.45, 7) is 0. The maximum absolute atomic E-state index is 13.6. The zero-order valence-corrected chi connectivity index (χ0v) is 11.3. The number of pyridine rings is 1. The fourth-order valence-corrected chi connectivity index (χ4v) is 2.14. The van der Waals surface area contributed by atoms with Crippen LogP contribution in [-0.2, 0) is 11.2 Å². The van der Waals surface area contributed by atoms with Gasteiger partial charge in [-0.2, -0.15) is 0 Å². The van der Waals surface area contributed by atoms with Gasteiger partial charge in [0.25, 0.3) is 5.88 Å². The molecule has 1 N–H and O–H groups in total. The van der Waals surface area contributed by atoms with Crippen molar-refractivity contribution in [1.29, 1.82) is 0 Å². The summed E-state index contributed by atoms with van der Waals surface area (Å²) in [5.74, 6) is -1.22. The highest BCUT2D eigenvalue weighted by molar-refractivity contribution is 6.30. The van der Waals surface area contributed by atoms with Crippen molar-refractivity contribution < 1.29 is 23.8 Å². The molecule has 0 saturated heterocycles. The summed E-state index contributed by atoms with van der Waals surface area (Å²) >= 11 is 5.61. The van der Waals surface area contributed by atoms with Gasteiger partial charge in [-0.15, -0.1) is 0 Å². The Hall–Kier alpha value is -2.34. The van der Waals surface area contributed by atoms with Gasteiger partial charge < -0.3 is 14.6 Å². The van der Waals surface area contributed by atoms with E-state index in [0.717, 1.165) is 11.6 Å². The minimum Gasteiger partial charge on any atom is -0.478 e. The van der Waals surface area contributed by atoms with E-state index in [4.69, 9.17) is 26.2 Å². The largest absolute Gasteiger partial charge is 0.478 e. The van der Waals surface area contributed by atoms with E-state index in [1.807, 2.05) is 0 Å². The number of hydrogen-bond acceptors (Lipinski definition) is 4. The second-order valence-corrected chi connectivity index (χ2v) is 4.90. The van der Waals surface area contributed by atoms with Crippen LogP contribution in [0.15, 0.2) is 30.5 Å². The summed E-state index contributed by atoms with van der Waals surface area (Å²) < 4.78 is 24.2. The Kier molecular flexibility index (Phi) is 3.39. The maximum Gasteiger partial charge on any atom is 0.345 e. The highest BCUT2D eigenvalue weighted by Gasteiger charge is 2.29. The van der Waals surface area contributed by atoms with Crippen LogP contribution in [0.5, 0.6) is 17.4 Å². The third kappa shape index (κ3) is 2.75. The van der Waals surface area contributed by atoms with Crippen molar-refractivity contribution >= 4 is 17.6 Å². The molecule has 0 spiro atoms. The van der Waals surface area contributed by atoms with Crippen LogP contribution in [0, 0.1) is 5.82 Å². The van der Waals surface area contributed by atoms with Gasteiger partial charge in [-0.1, -0.05) is 17.7 Å². The molecule has 1 atom stereocenters. The average Bonchev–Trinajstić information content (AvgIpc) is 2.85. The van der Waals surface area contributed by atoms with Crippen molar-refractivity contribution in [3.05, 3.63) is 46.9 Å². The normalized spacial score (nSPS) is 16.2. The van der Waals surface area contributed by atoms with Crippen molar-refractivity contribution in [2.45, 2.75) is 12.5 Å². The number of aliphatic carboxylic acids is 1. The number of ether oxygens (including phenoxy) is 2. The second-order valence-electron chi connectivity index (χ2n) is 4.46. The molecule has 0 fully saturated rings. The fourth-order valence-electron chi connectivity index (χ4n) is 2.00. The standard InChI is InChI=1S/C14H9ClFNO4/c15-8-4-10(16)13(17-6-8)20-9-2-1-7-3-12(14(18)19)21-11(7)5-9/h1-2,4-6,12H,3H2,(H,18,19). The monoisotopic (exact) mass is 309 g/mol. The number of benzene rings is 1. The molecule has 21 heavy (non-hydrogen) atoms. The molecule has 0 radical (unpaired) electrons. The number of fused-ring (bicyclic) bond motifs is 1. The van der Waals surface area contributed by atoms with E-state index < -0.39 is 17.9 Å². The number of aromatic nitrogens is 1. The lowest BCUT2D eigenvalue weighted by Gasteiger charge is -2.08. The molecule has 0 bridgehead atoms. The number of rotatable bonds is 3. The highest BCUT2D eigenvalue weighted by Crippen LogP contribution is 2.34. The Labute approximate surface area is 123 Å². The van der Waals surface area contributed by atoms with E-state index in [2.05, 4.69) is 4.98 Å². The van der Waals surface area contributed by atoms with Crippen molar-refractivity contribution in [3.63, 3.8) is 0 Å². The molecule has 1 aromatic carbocycles. The predicted molar refractivity (Wildman–Crippen MR) is 71.5 cm³/mol. The summed E-state index contributed by atoms with van der Waals surface area (Å²) in [5, 5.41) is 9.09. The lowest BCUT2D eigenvalue weighted by Crippen LogP contribution is -2.24. The first-order valence-corrected chi connectivity index (χ1v) is 6.42. The Morgan fingerprint density at radius 1 is 1.48 bits per heavy atom. The first kappa shape index (κ1) is 13.6. The van der Waals surface area contributed by atoms with E-state index in [9.17, 15) is 9.18 Å². The molecular weight excluding hydrogens is 301 g/mol. The van der Waals surface area contributed by atoms with Crippen LogP contribution in [0.2, 0.25) is 5.02 Å². The third-order valence-electron chi connectivity index (χ3n) is 2.98. The molecular formula is C14H9ClFNO4. The van der Waals surface area contributed by atoms with Crippen LogP contribution < -0.4 is 9.47 Å². The van der Waals surface area contributed by atoms with Crippen molar-refractivity contribution in [2.75, 3.05) is 0 Å². The van der Waals surface area contributed by atoms with Gasteiger partial charge in [-0.3, -0.25) is 0 Å². The first-order valence-electron chi connectivity index (χ1n) is 6.04. The van der Waals surface area contributed by atoms with E-state index in [0.29, 0.717) is 17.9 Å². The molecule has 0 aliphatic carbocycles. The molecule has 0 amide bonds. The SMILES string of the molecule is O=C(O)C1Cc2ccc(Oc3ncc(Cl)cc3F)cc2O1. The van der Waals surface area contributed by atoms with Crippen molar-refractivity contribution in [2.24, 2.45) is 0 Å². The number of halogens is 2. The summed E-state index contributed by atoms with van der Waals surface area (Å²) in [5.41, 5.74) is 0.763. The Balaban J connectivity index is 1.83. The van der Waals surface area contributed by atoms with E-state index >= 15 is 0 Å². The molecule has 1 aliphatic heterocycles. The van der Waals surface area contributed by atoms with Crippen LogP contribution in [0.1, 0.15) is 5.56 Å². The minimum atomic E-state index is -1.03. The molecule has 7 heteroatoms. The summed E-state index contributed by atoms with van der Waals surface area (Å²) in [6, 6.07) is 5.88. The van der Waals surface area contributed by atoms with E-state index in [1.54, 1.807) is 12.1 Å². The van der Waals surface area contributed by atoms with Gasteiger partial charge in [0.05, 0.1) is 5.02 Å². The number of carboxylic acid groups (broad SMARTS) is 1. The van der Waals surface area contributed by atoms with Gasteiger partial charge in [-0.05, 0) is 17.7 Å².